The average molecular weight is 527 g/mol. The number of phenolic OH excluding ortho intramolecular Hbond substituents is 1. The Morgan fingerprint density at radius 2 is 1.61 bits per heavy atom. The van der Waals surface area contributed by atoms with Crippen molar-refractivity contribution in [1.82, 2.24) is 0 Å². The van der Waals surface area contributed by atoms with Gasteiger partial charge in [-0.2, -0.15) is 0 Å². The highest BCUT2D eigenvalue weighted by Crippen LogP contribution is 2.49. The Morgan fingerprint density at radius 3 is 2.39 bits per heavy atom. The summed E-state index contributed by atoms with van der Waals surface area (Å²) in [6.45, 7) is 0.206. The molecule has 6 rings (SSSR count). The summed E-state index contributed by atoms with van der Waals surface area (Å²) < 4.78 is 23.8. The van der Waals surface area contributed by atoms with Gasteiger partial charge >= 0.3 is 5.97 Å². The van der Waals surface area contributed by atoms with Crippen LogP contribution >= 0.6 is 11.6 Å². The molecular formula is C31H23ClO6. The Morgan fingerprint density at radius 1 is 0.842 bits per heavy atom. The standard InChI is InChI=1S/C31H23ClO6/c32-24-12-10-23(11-13-24)31(37-18-21-7-4-8-25(33)15-21)26(16-20-5-2-1-3-6-20)29(30(34)38-31)22-9-14-27-28(17-22)36-19-35-27/h1-15,17,33H,16,18-19H2. The molecule has 1 unspecified atom stereocenters. The van der Waals surface area contributed by atoms with E-state index < -0.39 is 11.8 Å². The fourth-order valence-corrected chi connectivity index (χ4v) is 4.94. The molecule has 0 fully saturated rings. The highest BCUT2D eigenvalue weighted by molar-refractivity contribution is 6.30. The van der Waals surface area contributed by atoms with Gasteiger partial charge in [-0.25, -0.2) is 4.79 Å². The van der Waals surface area contributed by atoms with Crippen molar-refractivity contribution in [1.29, 1.82) is 0 Å². The summed E-state index contributed by atoms with van der Waals surface area (Å²) in [6.07, 6.45) is 0.388. The van der Waals surface area contributed by atoms with Crippen LogP contribution in [0.15, 0.2) is 103 Å². The summed E-state index contributed by atoms with van der Waals surface area (Å²) >= 11 is 6.21. The molecule has 0 aromatic heterocycles. The van der Waals surface area contributed by atoms with Crippen LogP contribution in [0.3, 0.4) is 0 Å². The highest BCUT2D eigenvalue weighted by Gasteiger charge is 2.50. The zero-order valence-corrected chi connectivity index (χ0v) is 21.0. The largest absolute Gasteiger partial charge is 0.508 e. The first-order valence-corrected chi connectivity index (χ1v) is 12.5. The van der Waals surface area contributed by atoms with E-state index in [0.717, 1.165) is 11.1 Å². The average Bonchev–Trinajstić information content (AvgIpc) is 3.50. The minimum absolute atomic E-state index is 0.0804. The van der Waals surface area contributed by atoms with Crippen LogP contribution in [0.25, 0.3) is 5.57 Å². The molecule has 7 heteroatoms. The van der Waals surface area contributed by atoms with Crippen molar-refractivity contribution in [2.45, 2.75) is 18.8 Å². The van der Waals surface area contributed by atoms with Crippen molar-refractivity contribution >= 4 is 23.1 Å². The van der Waals surface area contributed by atoms with Crippen molar-refractivity contribution in [2.24, 2.45) is 0 Å². The van der Waals surface area contributed by atoms with E-state index in [9.17, 15) is 9.90 Å². The summed E-state index contributed by atoms with van der Waals surface area (Å²) in [6, 6.07) is 29.1. The third kappa shape index (κ3) is 4.49. The van der Waals surface area contributed by atoms with Crippen LogP contribution in [0.5, 0.6) is 17.2 Å². The molecule has 38 heavy (non-hydrogen) atoms. The van der Waals surface area contributed by atoms with Gasteiger partial charge in [-0.3, -0.25) is 0 Å². The van der Waals surface area contributed by atoms with E-state index in [1.54, 1.807) is 54.6 Å². The summed E-state index contributed by atoms with van der Waals surface area (Å²) in [4.78, 5) is 13.7. The van der Waals surface area contributed by atoms with Gasteiger partial charge in [0.25, 0.3) is 5.79 Å². The van der Waals surface area contributed by atoms with Gasteiger partial charge in [0, 0.05) is 22.6 Å². The van der Waals surface area contributed by atoms with Gasteiger partial charge in [-0.1, -0.05) is 72.3 Å². The van der Waals surface area contributed by atoms with Crippen LogP contribution in [-0.4, -0.2) is 17.9 Å². The van der Waals surface area contributed by atoms with E-state index in [1.165, 1.54) is 0 Å². The SMILES string of the molecule is O=C1OC(OCc2cccc(O)c2)(c2ccc(Cl)cc2)C(Cc2ccccc2)=C1c1ccc2c(c1)OCO2. The molecule has 4 aromatic carbocycles. The lowest BCUT2D eigenvalue weighted by Gasteiger charge is -2.32. The zero-order valence-electron chi connectivity index (χ0n) is 20.2. The normalized spacial score (nSPS) is 18.1. The maximum Gasteiger partial charge on any atom is 0.342 e. The van der Waals surface area contributed by atoms with Crippen LogP contribution in [0, 0.1) is 0 Å². The molecule has 0 saturated heterocycles. The van der Waals surface area contributed by atoms with Gasteiger partial charge in [-0.05, 0) is 53.1 Å². The Kier molecular flexibility index (Phi) is 6.27. The number of benzene rings is 4. The molecule has 0 aliphatic carbocycles. The first kappa shape index (κ1) is 24.1. The van der Waals surface area contributed by atoms with E-state index in [1.807, 2.05) is 42.5 Å². The van der Waals surface area contributed by atoms with Gasteiger partial charge in [0.05, 0.1) is 12.2 Å². The summed E-state index contributed by atoms with van der Waals surface area (Å²) in [5, 5.41) is 10.5. The molecule has 0 spiro atoms. The lowest BCUT2D eigenvalue weighted by molar-refractivity contribution is -0.213. The fourth-order valence-electron chi connectivity index (χ4n) is 4.81. The quantitative estimate of drug-likeness (QED) is 0.281. The summed E-state index contributed by atoms with van der Waals surface area (Å²) in [7, 11) is 0. The van der Waals surface area contributed by atoms with Crippen molar-refractivity contribution < 1.29 is 28.8 Å². The number of phenols is 1. The van der Waals surface area contributed by atoms with E-state index in [0.29, 0.717) is 45.2 Å². The van der Waals surface area contributed by atoms with E-state index in [2.05, 4.69) is 0 Å². The summed E-state index contributed by atoms with van der Waals surface area (Å²) in [5.74, 6) is -0.743. The molecule has 2 heterocycles. The Hall–Kier alpha value is -4.26. The van der Waals surface area contributed by atoms with Crippen LogP contribution in [-0.2, 0) is 33.1 Å². The minimum Gasteiger partial charge on any atom is -0.508 e. The molecule has 0 bridgehead atoms. The fraction of sp³-hybridized carbons (Fsp3) is 0.129. The lowest BCUT2D eigenvalue weighted by atomic mass is 9.87. The molecule has 0 saturated carbocycles. The molecule has 190 valence electrons. The van der Waals surface area contributed by atoms with Gasteiger partial charge < -0.3 is 24.1 Å². The Bertz CT molecular complexity index is 1530. The van der Waals surface area contributed by atoms with Gasteiger partial charge in [-0.15, -0.1) is 0 Å². The molecule has 1 N–H and O–H groups in total. The third-order valence-electron chi connectivity index (χ3n) is 6.60. The topological polar surface area (TPSA) is 74.2 Å². The second-order valence-corrected chi connectivity index (χ2v) is 9.49. The Balaban J connectivity index is 1.53. The van der Waals surface area contributed by atoms with Crippen molar-refractivity contribution in [3.8, 4) is 17.2 Å². The van der Waals surface area contributed by atoms with Crippen molar-refractivity contribution in [3.63, 3.8) is 0 Å². The van der Waals surface area contributed by atoms with Crippen LogP contribution in [0.4, 0.5) is 0 Å². The van der Waals surface area contributed by atoms with Crippen LogP contribution in [0.2, 0.25) is 5.02 Å². The first-order chi connectivity index (χ1) is 18.5. The highest BCUT2D eigenvalue weighted by atomic mass is 35.5. The number of cyclic esters (lactones) is 1. The number of rotatable bonds is 7. The molecule has 1 atom stereocenters. The van der Waals surface area contributed by atoms with E-state index >= 15 is 0 Å². The molecule has 0 amide bonds. The van der Waals surface area contributed by atoms with Gasteiger partial charge in [0.15, 0.2) is 11.5 Å². The maximum absolute atomic E-state index is 13.7. The predicted octanol–water partition coefficient (Wildman–Crippen LogP) is 6.40. The third-order valence-corrected chi connectivity index (χ3v) is 6.85. The molecule has 4 aromatic rings. The maximum atomic E-state index is 13.7. The molecule has 2 aliphatic heterocycles. The molecule has 0 radical (unpaired) electrons. The summed E-state index contributed by atoms with van der Waals surface area (Å²) in [5.41, 5.74) is 4.02. The number of ether oxygens (including phenoxy) is 4. The smallest absolute Gasteiger partial charge is 0.342 e. The van der Waals surface area contributed by atoms with Crippen molar-refractivity contribution in [2.75, 3.05) is 6.79 Å². The molecule has 2 aliphatic rings. The number of carbonyl (C=O) groups is 1. The second kappa shape index (κ2) is 9.89. The number of carbonyl (C=O) groups excluding carboxylic acids is 1. The number of aromatic hydroxyl groups is 1. The van der Waals surface area contributed by atoms with Crippen LogP contribution in [0.1, 0.15) is 22.3 Å². The molecule has 6 nitrogen and oxygen atoms in total. The van der Waals surface area contributed by atoms with Gasteiger partial charge in [0.1, 0.15) is 5.75 Å². The second-order valence-electron chi connectivity index (χ2n) is 9.06. The number of hydrogen-bond acceptors (Lipinski definition) is 6. The Labute approximate surface area is 224 Å². The predicted molar refractivity (Wildman–Crippen MR) is 142 cm³/mol. The molecular weight excluding hydrogens is 504 g/mol. The lowest BCUT2D eigenvalue weighted by Crippen LogP contribution is -2.33. The monoisotopic (exact) mass is 526 g/mol. The van der Waals surface area contributed by atoms with Crippen molar-refractivity contribution in [3.05, 3.63) is 130 Å². The van der Waals surface area contributed by atoms with E-state index in [4.69, 9.17) is 30.5 Å². The van der Waals surface area contributed by atoms with Crippen LogP contribution < -0.4 is 9.47 Å². The minimum atomic E-state index is -1.53. The number of hydrogen-bond donors (Lipinski definition) is 1. The number of esters is 1. The zero-order chi connectivity index (χ0) is 26.1. The van der Waals surface area contributed by atoms with Gasteiger partial charge in [0.2, 0.25) is 6.79 Å². The first-order valence-electron chi connectivity index (χ1n) is 12.1. The number of fused-ring (bicyclic) bond motifs is 1. The van der Waals surface area contributed by atoms with E-state index in [-0.39, 0.29) is 19.1 Å². The number of halogens is 1.